The van der Waals surface area contributed by atoms with Gasteiger partial charge in [0.2, 0.25) is 6.79 Å². The minimum Gasteiger partial charge on any atom is -0.454 e. The molecule has 1 aromatic carbocycles. The number of benzene rings is 1. The van der Waals surface area contributed by atoms with Gasteiger partial charge in [-0.3, -0.25) is 4.79 Å². The molecule has 0 bridgehead atoms. The smallest absolute Gasteiger partial charge is 0.231 e. The molecular formula is C14H18O4. The van der Waals surface area contributed by atoms with Crippen LogP contribution in [0.3, 0.4) is 0 Å². The van der Waals surface area contributed by atoms with Gasteiger partial charge in [0.25, 0.3) is 0 Å². The average Bonchev–Trinajstić information content (AvgIpc) is 2.83. The molecule has 0 fully saturated rings. The molecule has 0 amide bonds. The summed E-state index contributed by atoms with van der Waals surface area (Å²) in [6, 6.07) is 5.20. The molecule has 1 aromatic rings. The van der Waals surface area contributed by atoms with Crippen LogP contribution in [0.15, 0.2) is 18.2 Å². The monoisotopic (exact) mass is 250 g/mol. The zero-order chi connectivity index (χ0) is 13.0. The van der Waals surface area contributed by atoms with E-state index in [4.69, 9.17) is 14.2 Å². The SMILES string of the molecule is CCCC(C)OCC(=O)c1ccc2c(c1)OCO2. The molecule has 1 atom stereocenters. The molecule has 0 spiro atoms. The Morgan fingerprint density at radius 3 is 2.94 bits per heavy atom. The minimum atomic E-state index is -0.0312. The molecular weight excluding hydrogens is 232 g/mol. The Labute approximate surface area is 107 Å². The highest BCUT2D eigenvalue weighted by Crippen LogP contribution is 2.32. The van der Waals surface area contributed by atoms with Gasteiger partial charge in [0, 0.05) is 5.56 Å². The average molecular weight is 250 g/mol. The van der Waals surface area contributed by atoms with Crippen LogP contribution in [0, 0.1) is 0 Å². The molecule has 1 unspecified atom stereocenters. The van der Waals surface area contributed by atoms with E-state index in [2.05, 4.69) is 6.92 Å². The van der Waals surface area contributed by atoms with Gasteiger partial charge in [-0.2, -0.15) is 0 Å². The number of carbonyl (C=O) groups is 1. The van der Waals surface area contributed by atoms with E-state index in [0.29, 0.717) is 17.1 Å². The van der Waals surface area contributed by atoms with Crippen LogP contribution >= 0.6 is 0 Å². The summed E-state index contributed by atoms with van der Waals surface area (Å²) in [6.07, 6.45) is 2.14. The molecule has 0 saturated heterocycles. The van der Waals surface area contributed by atoms with Gasteiger partial charge < -0.3 is 14.2 Å². The summed E-state index contributed by atoms with van der Waals surface area (Å²) >= 11 is 0. The fraction of sp³-hybridized carbons (Fsp3) is 0.500. The van der Waals surface area contributed by atoms with Crippen molar-refractivity contribution in [3.05, 3.63) is 23.8 Å². The molecule has 0 aromatic heterocycles. The lowest BCUT2D eigenvalue weighted by Crippen LogP contribution is -2.15. The van der Waals surface area contributed by atoms with E-state index in [1.807, 2.05) is 6.92 Å². The summed E-state index contributed by atoms with van der Waals surface area (Å²) in [5.41, 5.74) is 0.600. The second-order valence-electron chi connectivity index (χ2n) is 4.40. The molecule has 1 aliphatic rings. The molecule has 98 valence electrons. The molecule has 4 heteroatoms. The largest absolute Gasteiger partial charge is 0.454 e. The summed E-state index contributed by atoms with van der Waals surface area (Å²) in [5.74, 6) is 1.28. The molecule has 1 aliphatic heterocycles. The maximum Gasteiger partial charge on any atom is 0.231 e. The molecule has 1 heterocycles. The highest BCUT2D eigenvalue weighted by atomic mass is 16.7. The van der Waals surface area contributed by atoms with E-state index in [0.717, 1.165) is 12.8 Å². The molecule has 4 nitrogen and oxygen atoms in total. The van der Waals surface area contributed by atoms with Crippen LogP contribution < -0.4 is 9.47 Å². The lowest BCUT2D eigenvalue weighted by atomic mass is 10.1. The topological polar surface area (TPSA) is 44.8 Å². The van der Waals surface area contributed by atoms with Crippen molar-refractivity contribution in [1.82, 2.24) is 0 Å². The lowest BCUT2D eigenvalue weighted by molar-refractivity contribution is 0.0490. The summed E-state index contributed by atoms with van der Waals surface area (Å²) in [6.45, 7) is 4.41. The predicted molar refractivity (Wildman–Crippen MR) is 67.2 cm³/mol. The second kappa shape index (κ2) is 5.87. The van der Waals surface area contributed by atoms with Gasteiger partial charge in [-0.15, -0.1) is 0 Å². The fourth-order valence-electron chi connectivity index (χ4n) is 1.86. The lowest BCUT2D eigenvalue weighted by Gasteiger charge is -2.11. The van der Waals surface area contributed by atoms with Crippen molar-refractivity contribution in [3.8, 4) is 11.5 Å². The third-order valence-electron chi connectivity index (χ3n) is 2.89. The van der Waals surface area contributed by atoms with E-state index in [1.165, 1.54) is 0 Å². The second-order valence-corrected chi connectivity index (χ2v) is 4.40. The maximum atomic E-state index is 11.9. The first-order valence-electron chi connectivity index (χ1n) is 6.25. The Kier molecular flexibility index (Phi) is 4.20. The fourth-order valence-corrected chi connectivity index (χ4v) is 1.86. The van der Waals surface area contributed by atoms with E-state index in [1.54, 1.807) is 18.2 Å². The molecule has 0 aliphatic carbocycles. The molecule has 0 radical (unpaired) electrons. The minimum absolute atomic E-state index is 0.0312. The highest BCUT2D eigenvalue weighted by molar-refractivity contribution is 5.97. The quantitative estimate of drug-likeness (QED) is 0.728. The first-order valence-corrected chi connectivity index (χ1v) is 6.25. The van der Waals surface area contributed by atoms with Gasteiger partial charge in [-0.25, -0.2) is 0 Å². The van der Waals surface area contributed by atoms with Crippen LogP contribution in [-0.2, 0) is 4.74 Å². The molecule has 0 saturated carbocycles. The van der Waals surface area contributed by atoms with Gasteiger partial charge in [0.1, 0.15) is 6.61 Å². The number of ether oxygens (including phenoxy) is 3. The van der Waals surface area contributed by atoms with Gasteiger partial charge in [0.05, 0.1) is 6.10 Å². The van der Waals surface area contributed by atoms with E-state index >= 15 is 0 Å². The third kappa shape index (κ3) is 3.01. The zero-order valence-corrected chi connectivity index (χ0v) is 10.8. The number of rotatable bonds is 6. The summed E-state index contributed by atoms with van der Waals surface area (Å²) in [7, 11) is 0. The van der Waals surface area contributed by atoms with Crippen LogP contribution in [0.4, 0.5) is 0 Å². The normalized spacial score (nSPS) is 14.6. The first-order chi connectivity index (χ1) is 8.70. The number of Topliss-reactive ketones (excluding diaryl/α,β-unsaturated/α-hetero) is 1. The number of hydrogen-bond donors (Lipinski definition) is 0. The Morgan fingerprint density at radius 1 is 1.39 bits per heavy atom. The Hall–Kier alpha value is -1.55. The Balaban J connectivity index is 1.93. The third-order valence-corrected chi connectivity index (χ3v) is 2.89. The maximum absolute atomic E-state index is 11.9. The van der Waals surface area contributed by atoms with Crippen molar-refractivity contribution in [3.63, 3.8) is 0 Å². The van der Waals surface area contributed by atoms with Gasteiger partial charge in [-0.05, 0) is 31.5 Å². The van der Waals surface area contributed by atoms with Crippen molar-refractivity contribution in [2.45, 2.75) is 32.8 Å². The van der Waals surface area contributed by atoms with E-state index in [9.17, 15) is 4.79 Å². The number of fused-ring (bicyclic) bond motifs is 1. The number of carbonyl (C=O) groups excluding carboxylic acids is 1. The standard InChI is InChI=1S/C14H18O4/c1-3-4-10(2)16-8-12(15)11-5-6-13-14(7-11)18-9-17-13/h5-7,10H,3-4,8-9H2,1-2H3. The molecule has 0 N–H and O–H groups in total. The summed E-state index contributed by atoms with van der Waals surface area (Å²) < 4.78 is 15.9. The number of ketones is 1. The van der Waals surface area contributed by atoms with Crippen molar-refractivity contribution >= 4 is 5.78 Å². The van der Waals surface area contributed by atoms with Gasteiger partial charge >= 0.3 is 0 Å². The van der Waals surface area contributed by atoms with Gasteiger partial charge in [-0.1, -0.05) is 13.3 Å². The van der Waals surface area contributed by atoms with Crippen molar-refractivity contribution < 1.29 is 19.0 Å². The summed E-state index contributed by atoms with van der Waals surface area (Å²) in [4.78, 5) is 11.9. The summed E-state index contributed by atoms with van der Waals surface area (Å²) in [5, 5.41) is 0. The van der Waals surface area contributed by atoms with Crippen molar-refractivity contribution in [2.24, 2.45) is 0 Å². The molecule has 18 heavy (non-hydrogen) atoms. The van der Waals surface area contributed by atoms with Crippen LogP contribution in [0.25, 0.3) is 0 Å². The van der Waals surface area contributed by atoms with E-state index in [-0.39, 0.29) is 25.3 Å². The van der Waals surface area contributed by atoms with Crippen LogP contribution in [0.1, 0.15) is 37.0 Å². The van der Waals surface area contributed by atoms with Gasteiger partial charge in [0.15, 0.2) is 17.3 Å². The highest BCUT2D eigenvalue weighted by Gasteiger charge is 2.16. The zero-order valence-electron chi connectivity index (χ0n) is 10.8. The Morgan fingerprint density at radius 2 is 2.17 bits per heavy atom. The van der Waals surface area contributed by atoms with Crippen molar-refractivity contribution in [2.75, 3.05) is 13.4 Å². The Bertz CT molecular complexity index is 428. The van der Waals surface area contributed by atoms with Crippen LogP contribution in [-0.4, -0.2) is 25.3 Å². The van der Waals surface area contributed by atoms with Crippen molar-refractivity contribution in [1.29, 1.82) is 0 Å². The van der Waals surface area contributed by atoms with Crippen LogP contribution in [0.2, 0.25) is 0 Å². The predicted octanol–water partition coefficient (Wildman–Crippen LogP) is 2.80. The van der Waals surface area contributed by atoms with Crippen LogP contribution in [0.5, 0.6) is 11.5 Å². The molecule has 2 rings (SSSR count). The first kappa shape index (κ1) is 12.9. The van der Waals surface area contributed by atoms with E-state index < -0.39 is 0 Å². The number of hydrogen-bond acceptors (Lipinski definition) is 4.